The number of rotatable bonds is 6. The van der Waals surface area contributed by atoms with Gasteiger partial charge in [0.2, 0.25) is 0 Å². The predicted molar refractivity (Wildman–Crippen MR) is 76.9 cm³/mol. The third-order valence-electron chi connectivity index (χ3n) is 4.53. The molecule has 108 valence electrons. The van der Waals surface area contributed by atoms with Crippen LogP contribution in [0.25, 0.3) is 0 Å². The molecule has 0 aliphatic carbocycles. The minimum absolute atomic E-state index is 0.258. The molecule has 2 rings (SSSR count). The number of aliphatic hydroxyl groups is 1. The van der Waals surface area contributed by atoms with E-state index in [0.717, 1.165) is 31.6 Å². The molecule has 2 atom stereocenters. The highest BCUT2D eigenvalue weighted by atomic mass is 16.3. The van der Waals surface area contributed by atoms with Gasteiger partial charge in [0.25, 0.3) is 0 Å². The molecule has 1 N–H and O–H groups in total. The second-order valence-corrected chi connectivity index (χ2v) is 5.74. The van der Waals surface area contributed by atoms with E-state index in [2.05, 4.69) is 42.6 Å². The summed E-state index contributed by atoms with van der Waals surface area (Å²) in [6, 6.07) is 2.94. The zero-order chi connectivity index (χ0) is 13.8. The van der Waals surface area contributed by atoms with Gasteiger partial charge in [-0.05, 0) is 37.8 Å². The molecular formula is C15H27N3O. The molecule has 2 heterocycles. The lowest BCUT2D eigenvalue weighted by molar-refractivity contribution is 0.133. The van der Waals surface area contributed by atoms with Crippen molar-refractivity contribution in [3.05, 3.63) is 18.0 Å². The Morgan fingerprint density at radius 2 is 2.16 bits per heavy atom. The fraction of sp³-hybridized carbons (Fsp3) is 0.800. The second kappa shape index (κ2) is 6.53. The topological polar surface area (TPSA) is 41.3 Å². The number of hydrogen-bond acceptors (Lipinski definition) is 3. The Hall–Kier alpha value is -0.870. The molecule has 19 heavy (non-hydrogen) atoms. The normalized spacial score (nSPS) is 24.5. The lowest BCUT2D eigenvalue weighted by Gasteiger charge is -2.24. The standard InChI is InChI=1S/C15H27N3O/c1-4-14(5-2)18-9-7-13(16-18)10-17-8-6-12(3)15(17)11-19/h7,9,12,14-15,19H,4-6,8,10-11H2,1-3H3. The van der Waals surface area contributed by atoms with E-state index in [0.29, 0.717) is 18.0 Å². The van der Waals surface area contributed by atoms with E-state index in [9.17, 15) is 5.11 Å². The van der Waals surface area contributed by atoms with E-state index in [4.69, 9.17) is 5.10 Å². The lowest BCUT2D eigenvalue weighted by atomic mass is 10.0. The maximum absolute atomic E-state index is 9.49. The third-order valence-corrected chi connectivity index (χ3v) is 4.53. The fourth-order valence-corrected chi connectivity index (χ4v) is 3.12. The van der Waals surface area contributed by atoms with Crippen LogP contribution in [0.1, 0.15) is 51.8 Å². The van der Waals surface area contributed by atoms with Gasteiger partial charge in [0, 0.05) is 18.8 Å². The molecule has 1 aromatic heterocycles. The van der Waals surface area contributed by atoms with Gasteiger partial charge < -0.3 is 5.11 Å². The van der Waals surface area contributed by atoms with Crippen LogP contribution in [0.3, 0.4) is 0 Å². The molecule has 4 nitrogen and oxygen atoms in total. The van der Waals surface area contributed by atoms with Gasteiger partial charge >= 0.3 is 0 Å². The van der Waals surface area contributed by atoms with Gasteiger partial charge in [-0.2, -0.15) is 5.10 Å². The van der Waals surface area contributed by atoms with Gasteiger partial charge in [0.15, 0.2) is 0 Å². The van der Waals surface area contributed by atoms with Crippen LogP contribution in [0.15, 0.2) is 12.3 Å². The van der Waals surface area contributed by atoms with Crippen LogP contribution in [-0.2, 0) is 6.54 Å². The summed E-state index contributed by atoms with van der Waals surface area (Å²) in [5.74, 6) is 0.589. The molecule has 2 unspecified atom stereocenters. The zero-order valence-electron chi connectivity index (χ0n) is 12.4. The highest BCUT2D eigenvalue weighted by molar-refractivity contribution is 5.01. The number of likely N-dealkylation sites (tertiary alicyclic amines) is 1. The van der Waals surface area contributed by atoms with E-state index in [1.54, 1.807) is 0 Å². The van der Waals surface area contributed by atoms with Gasteiger partial charge in [0.1, 0.15) is 0 Å². The molecule has 0 radical (unpaired) electrons. The highest BCUT2D eigenvalue weighted by Crippen LogP contribution is 2.25. The Morgan fingerprint density at radius 3 is 2.79 bits per heavy atom. The molecular weight excluding hydrogens is 238 g/mol. The van der Waals surface area contributed by atoms with Gasteiger partial charge in [-0.15, -0.1) is 0 Å². The largest absolute Gasteiger partial charge is 0.395 e. The summed E-state index contributed by atoms with van der Waals surface area (Å²) in [7, 11) is 0. The average Bonchev–Trinajstić information content (AvgIpc) is 2.99. The van der Waals surface area contributed by atoms with Crippen molar-refractivity contribution in [2.75, 3.05) is 13.2 Å². The minimum Gasteiger partial charge on any atom is -0.395 e. The molecule has 0 amide bonds. The van der Waals surface area contributed by atoms with Crippen LogP contribution < -0.4 is 0 Å². The number of nitrogens with zero attached hydrogens (tertiary/aromatic N) is 3. The lowest BCUT2D eigenvalue weighted by Crippen LogP contribution is -2.34. The van der Waals surface area contributed by atoms with E-state index >= 15 is 0 Å². The van der Waals surface area contributed by atoms with Crippen molar-refractivity contribution in [3.8, 4) is 0 Å². The Balaban J connectivity index is 2.00. The number of aliphatic hydroxyl groups excluding tert-OH is 1. The van der Waals surface area contributed by atoms with Crippen LogP contribution >= 0.6 is 0 Å². The first-order valence-corrected chi connectivity index (χ1v) is 7.58. The summed E-state index contributed by atoms with van der Waals surface area (Å²) < 4.78 is 2.10. The maximum atomic E-state index is 9.49. The third kappa shape index (κ3) is 3.18. The van der Waals surface area contributed by atoms with Crippen LogP contribution in [0.4, 0.5) is 0 Å². The maximum Gasteiger partial charge on any atom is 0.0765 e. The van der Waals surface area contributed by atoms with Crippen LogP contribution in [-0.4, -0.2) is 39.0 Å². The Morgan fingerprint density at radius 1 is 1.42 bits per heavy atom. The second-order valence-electron chi connectivity index (χ2n) is 5.74. The Labute approximate surface area is 116 Å². The van der Waals surface area contributed by atoms with Gasteiger partial charge in [0.05, 0.1) is 18.3 Å². The van der Waals surface area contributed by atoms with Crippen LogP contribution in [0, 0.1) is 5.92 Å². The zero-order valence-corrected chi connectivity index (χ0v) is 12.4. The van der Waals surface area contributed by atoms with E-state index < -0.39 is 0 Å². The fourth-order valence-electron chi connectivity index (χ4n) is 3.12. The molecule has 0 aromatic carbocycles. The minimum atomic E-state index is 0.258. The first-order chi connectivity index (χ1) is 9.19. The summed E-state index contributed by atoms with van der Waals surface area (Å²) in [6.45, 7) is 8.84. The van der Waals surface area contributed by atoms with Crippen molar-refractivity contribution in [2.45, 2.75) is 58.7 Å². The molecule has 1 saturated heterocycles. The van der Waals surface area contributed by atoms with Crippen LogP contribution in [0.5, 0.6) is 0 Å². The highest BCUT2D eigenvalue weighted by Gasteiger charge is 2.30. The SMILES string of the molecule is CCC(CC)n1ccc(CN2CCC(C)C2CO)n1. The Kier molecular flexibility index (Phi) is 4.99. The summed E-state index contributed by atoms with van der Waals surface area (Å²) in [4.78, 5) is 2.37. The summed E-state index contributed by atoms with van der Waals surface area (Å²) in [6.07, 6.45) is 5.52. The van der Waals surface area contributed by atoms with Gasteiger partial charge in [-0.3, -0.25) is 9.58 Å². The monoisotopic (exact) mass is 265 g/mol. The first kappa shape index (κ1) is 14.5. The van der Waals surface area contributed by atoms with Crippen molar-refractivity contribution in [3.63, 3.8) is 0 Å². The first-order valence-electron chi connectivity index (χ1n) is 7.58. The summed E-state index contributed by atoms with van der Waals surface area (Å²) in [5.41, 5.74) is 1.12. The van der Waals surface area contributed by atoms with E-state index in [-0.39, 0.29) is 6.61 Å². The number of aromatic nitrogens is 2. The number of hydrogen-bond donors (Lipinski definition) is 1. The summed E-state index contributed by atoms with van der Waals surface area (Å²) in [5, 5.41) is 14.2. The van der Waals surface area contributed by atoms with Gasteiger partial charge in [-0.25, -0.2) is 0 Å². The van der Waals surface area contributed by atoms with Crippen molar-refractivity contribution < 1.29 is 5.11 Å². The van der Waals surface area contributed by atoms with Crippen molar-refractivity contribution in [1.29, 1.82) is 0 Å². The summed E-state index contributed by atoms with van der Waals surface area (Å²) >= 11 is 0. The molecule has 1 aromatic rings. The van der Waals surface area contributed by atoms with Crippen molar-refractivity contribution in [1.82, 2.24) is 14.7 Å². The predicted octanol–water partition coefficient (Wildman–Crippen LogP) is 2.45. The Bertz CT molecular complexity index is 386. The van der Waals surface area contributed by atoms with Gasteiger partial charge in [-0.1, -0.05) is 20.8 Å². The smallest absolute Gasteiger partial charge is 0.0765 e. The molecule has 4 heteroatoms. The molecule has 0 spiro atoms. The molecule has 1 fully saturated rings. The quantitative estimate of drug-likeness (QED) is 0.859. The van der Waals surface area contributed by atoms with Crippen molar-refractivity contribution >= 4 is 0 Å². The average molecular weight is 265 g/mol. The molecule has 1 aliphatic heterocycles. The van der Waals surface area contributed by atoms with E-state index in [1.165, 1.54) is 6.42 Å². The molecule has 0 bridgehead atoms. The van der Waals surface area contributed by atoms with E-state index in [1.807, 2.05) is 0 Å². The molecule has 0 saturated carbocycles. The van der Waals surface area contributed by atoms with Crippen LogP contribution in [0.2, 0.25) is 0 Å². The molecule has 1 aliphatic rings. The van der Waals surface area contributed by atoms with Crippen molar-refractivity contribution in [2.24, 2.45) is 5.92 Å².